The lowest BCUT2D eigenvalue weighted by molar-refractivity contribution is -0.0397. The normalized spacial score (nSPS) is 14.5. The van der Waals surface area contributed by atoms with Crippen molar-refractivity contribution >= 4 is 28.9 Å². The first kappa shape index (κ1) is 22.5. The van der Waals surface area contributed by atoms with Gasteiger partial charge >= 0.3 is 0 Å². The lowest BCUT2D eigenvalue weighted by Gasteiger charge is -2.33. The predicted molar refractivity (Wildman–Crippen MR) is 135 cm³/mol. The fourth-order valence-electron chi connectivity index (χ4n) is 4.37. The fourth-order valence-corrected chi connectivity index (χ4v) is 5.25. The number of aryl methyl sites for hydroxylation is 1. The Morgan fingerprint density at radius 3 is 2.53 bits per heavy atom. The van der Waals surface area contributed by atoms with Gasteiger partial charge in [0.15, 0.2) is 10.8 Å². The van der Waals surface area contributed by atoms with Gasteiger partial charge in [0, 0.05) is 23.4 Å². The number of ether oxygens (including phenoxy) is 1. The van der Waals surface area contributed by atoms with Crippen LogP contribution in [0, 0.1) is 11.3 Å². The van der Waals surface area contributed by atoms with Crippen LogP contribution in [-0.4, -0.2) is 26.0 Å². The molecule has 34 heavy (non-hydrogen) atoms. The van der Waals surface area contributed by atoms with E-state index in [4.69, 9.17) is 4.74 Å². The minimum atomic E-state index is -0.337. The molecule has 0 aliphatic carbocycles. The number of rotatable bonds is 7. The number of thioether (sulfide) groups is 1. The average Bonchev–Trinajstić information content (AvgIpc) is 3.26. The average molecular weight is 470 g/mol. The molecule has 0 saturated heterocycles. The van der Waals surface area contributed by atoms with Crippen molar-refractivity contribution < 1.29 is 4.74 Å². The van der Waals surface area contributed by atoms with Crippen LogP contribution in [0.1, 0.15) is 42.5 Å². The zero-order valence-electron chi connectivity index (χ0n) is 19.4. The number of benzene rings is 2. The summed E-state index contributed by atoms with van der Waals surface area (Å²) in [5.41, 5.74) is 5.26. The van der Waals surface area contributed by atoms with E-state index in [1.807, 2.05) is 40.8 Å². The highest BCUT2D eigenvalue weighted by Gasteiger charge is 2.33. The molecule has 0 saturated carbocycles. The van der Waals surface area contributed by atoms with Crippen molar-refractivity contribution in [2.24, 2.45) is 0 Å². The summed E-state index contributed by atoms with van der Waals surface area (Å²) in [4.78, 5) is 0. The number of para-hydroxylation sites is 1. The lowest BCUT2D eigenvalue weighted by atomic mass is 9.89. The maximum absolute atomic E-state index is 10.3. The van der Waals surface area contributed by atoms with Crippen LogP contribution in [0.3, 0.4) is 0 Å². The minimum Gasteiger partial charge on any atom is -0.370 e. The molecule has 1 N–H and O–H groups in total. The van der Waals surface area contributed by atoms with E-state index >= 15 is 0 Å². The van der Waals surface area contributed by atoms with Gasteiger partial charge in [0.05, 0.1) is 17.8 Å². The number of anilines is 2. The predicted octanol–water partition coefficient (Wildman–Crippen LogP) is 5.92. The summed E-state index contributed by atoms with van der Waals surface area (Å²) in [6.07, 6.45) is 2.69. The van der Waals surface area contributed by atoms with Gasteiger partial charge in [0.1, 0.15) is 11.9 Å². The number of nitrogens with zero attached hydrogens (tertiary/aromatic N) is 4. The van der Waals surface area contributed by atoms with E-state index in [2.05, 4.69) is 59.7 Å². The molecule has 1 aliphatic rings. The molecule has 7 heteroatoms. The minimum absolute atomic E-state index is 0.337. The number of fused-ring (bicyclic) bond motifs is 3. The monoisotopic (exact) mass is 469 g/mol. The number of aromatic nitrogens is 3. The highest BCUT2D eigenvalue weighted by atomic mass is 32.2. The summed E-state index contributed by atoms with van der Waals surface area (Å²) in [7, 11) is 0. The van der Waals surface area contributed by atoms with Gasteiger partial charge in [-0.3, -0.25) is 4.40 Å². The Hall–Kier alpha value is -3.34. The third kappa shape index (κ3) is 4.52. The first-order valence-electron chi connectivity index (χ1n) is 11.5. The third-order valence-electron chi connectivity index (χ3n) is 6.07. The van der Waals surface area contributed by atoms with E-state index in [-0.39, 0.29) is 5.60 Å². The molecule has 6 nitrogen and oxygen atoms in total. The molecular formula is C27H27N5OS. The SMILES string of the molecule is CC1(C)Cc2c(C#N)c(Nc3ccccc3)n3c(SCCCc4ccccc4)nnc3c2CO1. The second kappa shape index (κ2) is 9.49. The Morgan fingerprint density at radius 2 is 1.79 bits per heavy atom. The molecule has 4 aromatic rings. The molecule has 0 atom stereocenters. The first-order valence-corrected chi connectivity index (χ1v) is 12.5. The van der Waals surface area contributed by atoms with Gasteiger partial charge in [-0.2, -0.15) is 5.26 Å². The van der Waals surface area contributed by atoms with Crippen molar-refractivity contribution in [3.05, 3.63) is 82.9 Å². The number of pyridine rings is 1. The molecule has 0 radical (unpaired) electrons. The van der Waals surface area contributed by atoms with Gasteiger partial charge in [0.2, 0.25) is 0 Å². The van der Waals surface area contributed by atoms with E-state index < -0.39 is 0 Å². The second-order valence-corrected chi connectivity index (χ2v) is 10.1. The van der Waals surface area contributed by atoms with Gasteiger partial charge < -0.3 is 10.1 Å². The van der Waals surface area contributed by atoms with E-state index in [1.54, 1.807) is 11.8 Å². The van der Waals surface area contributed by atoms with Gasteiger partial charge in [-0.1, -0.05) is 60.3 Å². The van der Waals surface area contributed by atoms with E-state index in [0.717, 1.165) is 52.0 Å². The number of hydrogen-bond acceptors (Lipinski definition) is 6. The standard InChI is InChI=1S/C27H27N5OS/c1-27(2)16-21-22(17-28)24(29-20-13-7-4-8-14-20)32-25(23(21)18-33-27)30-31-26(32)34-15-9-12-19-10-5-3-6-11-19/h3-8,10-11,13-14,29H,9,12,15-16,18H2,1-2H3. The van der Waals surface area contributed by atoms with Gasteiger partial charge in [0.25, 0.3) is 0 Å². The van der Waals surface area contributed by atoms with Crippen molar-refractivity contribution in [2.75, 3.05) is 11.1 Å². The van der Waals surface area contributed by atoms with Gasteiger partial charge in [-0.15, -0.1) is 10.2 Å². The number of hydrogen-bond donors (Lipinski definition) is 1. The molecule has 172 valence electrons. The molecule has 0 amide bonds. The summed E-state index contributed by atoms with van der Waals surface area (Å²) in [5, 5.41) is 23.6. The Kier molecular flexibility index (Phi) is 6.27. The smallest absolute Gasteiger partial charge is 0.197 e. The third-order valence-corrected chi connectivity index (χ3v) is 7.09. The van der Waals surface area contributed by atoms with Crippen molar-refractivity contribution in [2.45, 2.75) is 50.5 Å². The summed E-state index contributed by atoms with van der Waals surface area (Å²) >= 11 is 1.67. The van der Waals surface area contributed by atoms with E-state index in [1.165, 1.54) is 5.56 Å². The topological polar surface area (TPSA) is 75.2 Å². The van der Waals surface area contributed by atoms with Gasteiger partial charge in [-0.05, 0) is 49.9 Å². The summed E-state index contributed by atoms with van der Waals surface area (Å²) in [6, 6.07) is 22.9. The molecule has 2 aromatic heterocycles. The number of nitriles is 1. The molecule has 0 fully saturated rings. The lowest BCUT2D eigenvalue weighted by Crippen LogP contribution is -2.33. The van der Waals surface area contributed by atoms with Crippen molar-refractivity contribution in [3.63, 3.8) is 0 Å². The quantitative estimate of drug-likeness (QED) is 0.267. The zero-order chi connectivity index (χ0) is 23.5. The van der Waals surface area contributed by atoms with Crippen LogP contribution in [-0.2, 0) is 24.2 Å². The largest absolute Gasteiger partial charge is 0.370 e. The van der Waals surface area contributed by atoms with Crippen LogP contribution in [0.4, 0.5) is 11.5 Å². The molecule has 1 aliphatic heterocycles. The van der Waals surface area contributed by atoms with Crippen molar-refractivity contribution in [1.29, 1.82) is 5.26 Å². The molecule has 0 spiro atoms. The number of nitrogens with one attached hydrogen (secondary N) is 1. The van der Waals surface area contributed by atoms with Crippen molar-refractivity contribution in [1.82, 2.24) is 14.6 Å². The summed E-state index contributed by atoms with van der Waals surface area (Å²) in [6.45, 7) is 4.54. The Balaban J connectivity index is 1.53. The van der Waals surface area contributed by atoms with Crippen LogP contribution in [0.5, 0.6) is 0 Å². The molecular weight excluding hydrogens is 442 g/mol. The van der Waals surface area contributed by atoms with Crippen LogP contribution >= 0.6 is 11.8 Å². The Bertz CT molecular complexity index is 1340. The highest BCUT2D eigenvalue weighted by molar-refractivity contribution is 7.99. The zero-order valence-corrected chi connectivity index (χ0v) is 20.2. The Morgan fingerprint density at radius 1 is 1.06 bits per heavy atom. The van der Waals surface area contributed by atoms with E-state index in [0.29, 0.717) is 18.6 Å². The van der Waals surface area contributed by atoms with Crippen molar-refractivity contribution in [3.8, 4) is 6.07 Å². The first-order chi connectivity index (χ1) is 16.6. The summed E-state index contributed by atoms with van der Waals surface area (Å²) in [5.74, 6) is 1.62. The van der Waals surface area contributed by atoms with Crippen LogP contribution in [0.15, 0.2) is 65.8 Å². The highest BCUT2D eigenvalue weighted by Crippen LogP contribution is 2.38. The van der Waals surface area contributed by atoms with Gasteiger partial charge in [-0.25, -0.2) is 0 Å². The molecule has 0 bridgehead atoms. The van der Waals surface area contributed by atoms with Crippen LogP contribution < -0.4 is 5.32 Å². The molecule has 0 unspecified atom stereocenters. The van der Waals surface area contributed by atoms with Crippen LogP contribution in [0.25, 0.3) is 5.65 Å². The fraction of sp³-hybridized carbons (Fsp3) is 0.296. The molecule has 5 rings (SSSR count). The molecule has 2 aromatic carbocycles. The maximum atomic E-state index is 10.3. The summed E-state index contributed by atoms with van der Waals surface area (Å²) < 4.78 is 8.10. The second-order valence-electron chi connectivity index (χ2n) is 9.09. The Labute approximate surface area is 204 Å². The maximum Gasteiger partial charge on any atom is 0.197 e. The van der Waals surface area contributed by atoms with Crippen LogP contribution in [0.2, 0.25) is 0 Å². The van der Waals surface area contributed by atoms with E-state index in [9.17, 15) is 5.26 Å². The molecule has 3 heterocycles.